The summed E-state index contributed by atoms with van der Waals surface area (Å²) in [4.78, 5) is 33.3. The van der Waals surface area contributed by atoms with Crippen LogP contribution < -0.4 is 10.9 Å². The molecule has 4 rings (SSSR count). The van der Waals surface area contributed by atoms with E-state index in [9.17, 15) is 9.59 Å². The van der Waals surface area contributed by atoms with E-state index in [1.807, 2.05) is 0 Å². The van der Waals surface area contributed by atoms with E-state index in [1.165, 1.54) is 10.1 Å². The number of H-pyrrole nitrogens is 1. The van der Waals surface area contributed by atoms with Gasteiger partial charge in [-0.2, -0.15) is 0 Å². The highest BCUT2D eigenvalue weighted by molar-refractivity contribution is 7.71. The van der Waals surface area contributed by atoms with Crippen molar-refractivity contribution in [3.8, 4) is 0 Å². The van der Waals surface area contributed by atoms with Gasteiger partial charge in [0.2, 0.25) is 0 Å². The molecule has 1 aliphatic rings. The summed E-state index contributed by atoms with van der Waals surface area (Å²) in [6.45, 7) is 11.1. The molecule has 7 nitrogen and oxygen atoms in total. The maximum Gasteiger partial charge on any atom is 0.262 e. The number of aromatic nitrogens is 2. The number of amides is 1. The standard InChI is InChI=1S/C27H33N5O2S/c1-2-13-32-26(34)23-11-10-22(19-24(23)29-27(32)35)25(33)28-12-6-7-14-30-15-17-31(18-16-30)20-21-8-4-3-5-9-21/h2-5,8-11,19H,1,6-7,12-18,20H2,(H,28,33)(H,29,35). The normalized spacial score (nSPS) is 14.7. The summed E-state index contributed by atoms with van der Waals surface area (Å²) in [6, 6.07) is 15.7. The fourth-order valence-corrected chi connectivity index (χ4v) is 4.74. The number of fused-ring (bicyclic) bond motifs is 1. The van der Waals surface area contributed by atoms with E-state index in [1.54, 1.807) is 24.3 Å². The van der Waals surface area contributed by atoms with Crippen LogP contribution in [-0.4, -0.2) is 64.5 Å². The quantitative estimate of drug-likeness (QED) is 0.258. The van der Waals surface area contributed by atoms with Gasteiger partial charge in [0.25, 0.3) is 11.5 Å². The number of rotatable bonds is 10. The number of aromatic amines is 1. The lowest BCUT2D eigenvalue weighted by Gasteiger charge is -2.34. The van der Waals surface area contributed by atoms with Gasteiger partial charge >= 0.3 is 0 Å². The van der Waals surface area contributed by atoms with Crippen LogP contribution in [0, 0.1) is 4.77 Å². The van der Waals surface area contributed by atoms with Crippen LogP contribution in [0.5, 0.6) is 0 Å². The summed E-state index contributed by atoms with van der Waals surface area (Å²) in [5.74, 6) is -0.143. The van der Waals surface area contributed by atoms with Gasteiger partial charge in [0.05, 0.1) is 10.9 Å². The number of piperazine rings is 1. The molecular formula is C27H33N5O2S. The van der Waals surface area contributed by atoms with Crippen LogP contribution in [0.25, 0.3) is 10.9 Å². The Kier molecular flexibility index (Phi) is 8.63. The van der Waals surface area contributed by atoms with Gasteiger partial charge in [-0.1, -0.05) is 36.4 Å². The smallest absolute Gasteiger partial charge is 0.262 e. The van der Waals surface area contributed by atoms with Crippen molar-refractivity contribution in [1.82, 2.24) is 24.7 Å². The molecule has 1 aromatic heterocycles. The molecular weight excluding hydrogens is 458 g/mol. The summed E-state index contributed by atoms with van der Waals surface area (Å²) in [7, 11) is 0. The van der Waals surface area contributed by atoms with Crippen LogP contribution >= 0.6 is 12.2 Å². The Morgan fingerprint density at radius 3 is 2.54 bits per heavy atom. The Morgan fingerprint density at radius 1 is 1.06 bits per heavy atom. The number of allylic oxidation sites excluding steroid dienone is 1. The molecule has 0 atom stereocenters. The molecule has 8 heteroatoms. The summed E-state index contributed by atoms with van der Waals surface area (Å²) in [5, 5.41) is 3.50. The number of carbonyl (C=O) groups excluding carboxylic acids is 1. The van der Waals surface area contributed by atoms with Gasteiger partial charge in [-0.25, -0.2) is 0 Å². The number of hydrogen-bond acceptors (Lipinski definition) is 5. The SMILES string of the molecule is C=CCn1c(=S)[nH]c2cc(C(=O)NCCCCN3CCN(Cc4ccccc4)CC3)ccc2c1=O. The third kappa shape index (κ3) is 6.54. The zero-order valence-electron chi connectivity index (χ0n) is 20.0. The topological polar surface area (TPSA) is 73.4 Å². The molecule has 0 saturated carbocycles. The second-order valence-electron chi connectivity index (χ2n) is 8.96. The van der Waals surface area contributed by atoms with Crippen LogP contribution in [-0.2, 0) is 13.1 Å². The van der Waals surface area contributed by atoms with Crippen molar-refractivity contribution < 1.29 is 4.79 Å². The van der Waals surface area contributed by atoms with E-state index in [4.69, 9.17) is 12.2 Å². The second kappa shape index (κ2) is 12.1. The number of carbonyl (C=O) groups is 1. The lowest BCUT2D eigenvalue weighted by atomic mass is 10.1. The van der Waals surface area contributed by atoms with Crippen molar-refractivity contribution in [2.45, 2.75) is 25.9 Å². The zero-order chi connectivity index (χ0) is 24.6. The molecule has 2 aromatic carbocycles. The first-order chi connectivity index (χ1) is 17.0. The van der Waals surface area contributed by atoms with Crippen LogP contribution in [0.4, 0.5) is 0 Å². The fraction of sp³-hybridized carbons (Fsp3) is 0.370. The average molecular weight is 492 g/mol. The van der Waals surface area contributed by atoms with Crippen LogP contribution in [0.2, 0.25) is 0 Å². The molecule has 0 radical (unpaired) electrons. The summed E-state index contributed by atoms with van der Waals surface area (Å²) < 4.78 is 1.77. The Hall–Kier alpha value is -3.07. The molecule has 1 saturated heterocycles. The number of unbranched alkanes of at least 4 members (excludes halogenated alkanes) is 1. The van der Waals surface area contributed by atoms with Crippen molar-refractivity contribution in [3.05, 3.63) is 87.4 Å². The second-order valence-corrected chi connectivity index (χ2v) is 9.35. The molecule has 2 heterocycles. The Balaban J connectivity index is 1.19. The van der Waals surface area contributed by atoms with Gasteiger partial charge < -0.3 is 15.2 Å². The van der Waals surface area contributed by atoms with E-state index in [-0.39, 0.29) is 11.5 Å². The molecule has 1 aliphatic heterocycles. The predicted molar refractivity (Wildman–Crippen MR) is 143 cm³/mol. The van der Waals surface area contributed by atoms with Crippen LogP contribution in [0.15, 0.2) is 66.0 Å². The monoisotopic (exact) mass is 491 g/mol. The van der Waals surface area contributed by atoms with Gasteiger partial charge in [0.15, 0.2) is 4.77 Å². The molecule has 0 bridgehead atoms. The minimum absolute atomic E-state index is 0.143. The van der Waals surface area contributed by atoms with Crippen molar-refractivity contribution in [1.29, 1.82) is 0 Å². The average Bonchev–Trinajstić information content (AvgIpc) is 2.87. The minimum Gasteiger partial charge on any atom is -0.352 e. The van der Waals surface area contributed by atoms with Gasteiger partial charge in [-0.05, 0) is 55.4 Å². The first-order valence-corrected chi connectivity index (χ1v) is 12.6. The van der Waals surface area contributed by atoms with Crippen molar-refractivity contribution in [2.75, 3.05) is 39.3 Å². The van der Waals surface area contributed by atoms with Crippen molar-refractivity contribution >= 4 is 29.0 Å². The maximum atomic E-state index is 12.6. The molecule has 35 heavy (non-hydrogen) atoms. The highest BCUT2D eigenvalue weighted by Crippen LogP contribution is 2.12. The van der Waals surface area contributed by atoms with Crippen LogP contribution in [0.3, 0.4) is 0 Å². The predicted octanol–water partition coefficient (Wildman–Crippen LogP) is 3.57. The molecule has 1 fully saturated rings. The Labute approximate surface area is 211 Å². The van der Waals surface area contributed by atoms with E-state index in [0.717, 1.165) is 52.1 Å². The van der Waals surface area contributed by atoms with E-state index in [2.05, 4.69) is 57.0 Å². The fourth-order valence-electron chi connectivity index (χ4n) is 4.47. The molecule has 1 amide bonds. The summed E-state index contributed by atoms with van der Waals surface area (Å²) >= 11 is 5.28. The number of nitrogens with one attached hydrogen (secondary N) is 2. The molecule has 0 spiro atoms. The van der Waals surface area contributed by atoms with Gasteiger partial charge in [-0.3, -0.25) is 19.1 Å². The highest BCUT2D eigenvalue weighted by atomic mass is 32.1. The number of hydrogen-bond donors (Lipinski definition) is 2. The lowest BCUT2D eigenvalue weighted by molar-refractivity contribution is 0.0951. The minimum atomic E-state index is -0.184. The van der Waals surface area contributed by atoms with E-state index < -0.39 is 0 Å². The molecule has 184 valence electrons. The Morgan fingerprint density at radius 2 is 1.80 bits per heavy atom. The van der Waals surface area contributed by atoms with E-state index in [0.29, 0.717) is 34.3 Å². The molecule has 2 N–H and O–H groups in total. The number of nitrogens with zero attached hydrogens (tertiary/aromatic N) is 3. The third-order valence-electron chi connectivity index (χ3n) is 6.46. The third-order valence-corrected chi connectivity index (χ3v) is 6.78. The maximum absolute atomic E-state index is 12.6. The first-order valence-electron chi connectivity index (χ1n) is 12.2. The molecule has 3 aromatic rings. The first kappa shape index (κ1) is 25.0. The van der Waals surface area contributed by atoms with E-state index >= 15 is 0 Å². The number of benzene rings is 2. The zero-order valence-corrected chi connectivity index (χ0v) is 20.9. The highest BCUT2D eigenvalue weighted by Gasteiger charge is 2.16. The van der Waals surface area contributed by atoms with Crippen molar-refractivity contribution in [2.24, 2.45) is 0 Å². The summed E-state index contributed by atoms with van der Waals surface area (Å²) in [6.07, 6.45) is 3.61. The van der Waals surface area contributed by atoms with Gasteiger partial charge in [0.1, 0.15) is 0 Å². The van der Waals surface area contributed by atoms with Gasteiger partial charge in [0, 0.05) is 51.4 Å². The van der Waals surface area contributed by atoms with Crippen LogP contribution in [0.1, 0.15) is 28.8 Å². The Bertz CT molecular complexity index is 1280. The van der Waals surface area contributed by atoms with Gasteiger partial charge in [-0.15, -0.1) is 6.58 Å². The molecule has 0 unspecified atom stereocenters. The lowest BCUT2D eigenvalue weighted by Crippen LogP contribution is -2.46. The molecule has 0 aliphatic carbocycles. The summed E-state index contributed by atoms with van der Waals surface area (Å²) in [5.41, 5.74) is 2.27. The van der Waals surface area contributed by atoms with Crippen molar-refractivity contribution in [3.63, 3.8) is 0 Å². The largest absolute Gasteiger partial charge is 0.352 e.